The summed E-state index contributed by atoms with van der Waals surface area (Å²) in [6.07, 6.45) is 4.43. The Bertz CT molecular complexity index is 969. The summed E-state index contributed by atoms with van der Waals surface area (Å²) in [5.41, 5.74) is 2.91. The van der Waals surface area contributed by atoms with Crippen LogP contribution in [0.1, 0.15) is 36.8 Å². The van der Waals surface area contributed by atoms with Gasteiger partial charge in [-0.15, -0.1) is 0 Å². The van der Waals surface area contributed by atoms with Gasteiger partial charge in [-0.05, 0) is 67.7 Å². The standard InChI is InChI=1S/C24H33N3O4S/c1-31-23-13-11-22(12-14-23)27(32(2,29)30)17-5-6-24(28)25-18-20-7-9-21(10-8-20)19-26-15-3-4-16-26/h7-14H,3-6,15-19H2,1-2H3,(H,25,28). The SMILES string of the molecule is COc1ccc(N(CCCC(=O)NCc2ccc(CN3CCCC3)cc2)S(C)(=O)=O)cc1. The van der Waals surface area contributed by atoms with Crippen LogP contribution in [0.15, 0.2) is 48.5 Å². The average molecular weight is 460 g/mol. The lowest BCUT2D eigenvalue weighted by atomic mass is 10.1. The molecule has 0 saturated carbocycles. The van der Waals surface area contributed by atoms with Gasteiger partial charge in [0.2, 0.25) is 15.9 Å². The molecule has 8 heteroatoms. The number of amides is 1. The number of ether oxygens (including phenoxy) is 1. The van der Waals surface area contributed by atoms with Crippen molar-refractivity contribution >= 4 is 21.6 Å². The summed E-state index contributed by atoms with van der Waals surface area (Å²) in [5.74, 6) is 0.569. The molecule has 3 rings (SSSR count). The van der Waals surface area contributed by atoms with Crippen LogP contribution in [0.4, 0.5) is 5.69 Å². The maximum atomic E-state index is 12.3. The van der Waals surface area contributed by atoms with Gasteiger partial charge in [0, 0.05) is 26.1 Å². The highest BCUT2D eigenvalue weighted by Crippen LogP contribution is 2.22. The lowest BCUT2D eigenvalue weighted by Crippen LogP contribution is -2.32. The molecule has 2 aromatic carbocycles. The lowest BCUT2D eigenvalue weighted by Gasteiger charge is -2.22. The number of nitrogens with one attached hydrogen (secondary N) is 1. The van der Waals surface area contributed by atoms with Crippen molar-refractivity contribution in [1.82, 2.24) is 10.2 Å². The van der Waals surface area contributed by atoms with Crippen LogP contribution in [-0.4, -0.2) is 52.2 Å². The number of carbonyl (C=O) groups excluding carboxylic acids is 1. The molecule has 0 spiro atoms. The summed E-state index contributed by atoms with van der Waals surface area (Å²) in [4.78, 5) is 14.7. The highest BCUT2D eigenvalue weighted by molar-refractivity contribution is 7.92. The Balaban J connectivity index is 1.44. The van der Waals surface area contributed by atoms with Gasteiger partial charge in [-0.3, -0.25) is 14.0 Å². The molecule has 0 atom stereocenters. The number of sulfonamides is 1. The number of hydrogen-bond donors (Lipinski definition) is 1. The minimum absolute atomic E-state index is 0.0886. The molecule has 1 aliphatic rings. The second kappa shape index (κ2) is 11.3. The van der Waals surface area contributed by atoms with E-state index in [4.69, 9.17) is 4.74 Å². The van der Waals surface area contributed by atoms with Crippen molar-refractivity contribution in [3.8, 4) is 5.75 Å². The van der Waals surface area contributed by atoms with Crippen molar-refractivity contribution in [2.24, 2.45) is 0 Å². The van der Waals surface area contributed by atoms with Gasteiger partial charge in [0.25, 0.3) is 0 Å². The van der Waals surface area contributed by atoms with Crippen molar-refractivity contribution in [2.45, 2.75) is 38.8 Å². The number of benzene rings is 2. The third-order valence-electron chi connectivity index (χ3n) is 5.64. The van der Waals surface area contributed by atoms with Crippen LogP contribution < -0.4 is 14.4 Å². The van der Waals surface area contributed by atoms with Crippen LogP contribution in [0.2, 0.25) is 0 Å². The number of methoxy groups -OCH3 is 1. The van der Waals surface area contributed by atoms with Gasteiger partial charge in [0.1, 0.15) is 5.75 Å². The van der Waals surface area contributed by atoms with Gasteiger partial charge in [-0.25, -0.2) is 8.42 Å². The second-order valence-electron chi connectivity index (χ2n) is 8.21. The van der Waals surface area contributed by atoms with E-state index in [0.29, 0.717) is 24.4 Å². The zero-order valence-corrected chi connectivity index (χ0v) is 19.7. The molecule has 0 aliphatic carbocycles. The normalized spacial score (nSPS) is 14.3. The molecule has 1 fully saturated rings. The first-order chi connectivity index (χ1) is 15.3. The van der Waals surface area contributed by atoms with E-state index in [1.165, 1.54) is 42.1 Å². The molecular formula is C24H33N3O4S. The fraction of sp³-hybridized carbons (Fsp3) is 0.458. The molecule has 0 radical (unpaired) electrons. The van der Waals surface area contributed by atoms with Crippen LogP contribution in [-0.2, 0) is 27.9 Å². The minimum atomic E-state index is -3.45. The quantitative estimate of drug-likeness (QED) is 0.558. The monoisotopic (exact) mass is 459 g/mol. The van der Waals surface area contributed by atoms with Gasteiger partial charge in [0.15, 0.2) is 0 Å². The molecule has 1 saturated heterocycles. The number of rotatable bonds is 11. The molecule has 2 aromatic rings. The second-order valence-corrected chi connectivity index (χ2v) is 10.1. The zero-order chi connectivity index (χ0) is 23.0. The van der Waals surface area contributed by atoms with E-state index >= 15 is 0 Å². The third-order valence-corrected chi connectivity index (χ3v) is 6.84. The van der Waals surface area contributed by atoms with Crippen LogP contribution in [0, 0.1) is 0 Å². The Kier molecular flexibility index (Phi) is 8.53. The Hall–Kier alpha value is -2.58. The maximum Gasteiger partial charge on any atom is 0.232 e. The molecule has 7 nitrogen and oxygen atoms in total. The van der Waals surface area contributed by atoms with Crippen LogP contribution >= 0.6 is 0 Å². The summed E-state index contributed by atoms with van der Waals surface area (Å²) >= 11 is 0. The van der Waals surface area contributed by atoms with Crippen LogP contribution in [0.5, 0.6) is 5.75 Å². The smallest absolute Gasteiger partial charge is 0.232 e. The number of anilines is 1. The first-order valence-electron chi connectivity index (χ1n) is 11.0. The Labute approximate surface area is 191 Å². The third kappa shape index (κ3) is 7.24. The van der Waals surface area contributed by atoms with E-state index in [-0.39, 0.29) is 18.9 Å². The number of likely N-dealkylation sites (tertiary alicyclic amines) is 1. The van der Waals surface area contributed by atoms with E-state index in [2.05, 4.69) is 34.5 Å². The van der Waals surface area contributed by atoms with Gasteiger partial charge in [-0.2, -0.15) is 0 Å². The molecule has 1 N–H and O–H groups in total. The summed E-state index contributed by atoms with van der Waals surface area (Å²) < 4.78 is 30.8. The maximum absolute atomic E-state index is 12.3. The number of nitrogens with zero attached hydrogens (tertiary/aromatic N) is 2. The van der Waals surface area contributed by atoms with Crippen molar-refractivity contribution < 1.29 is 17.9 Å². The molecule has 1 aliphatic heterocycles. The zero-order valence-electron chi connectivity index (χ0n) is 18.9. The molecule has 32 heavy (non-hydrogen) atoms. The number of carbonyl (C=O) groups is 1. The largest absolute Gasteiger partial charge is 0.497 e. The van der Waals surface area contributed by atoms with Gasteiger partial charge >= 0.3 is 0 Å². The number of hydrogen-bond acceptors (Lipinski definition) is 5. The van der Waals surface area contributed by atoms with Crippen LogP contribution in [0.25, 0.3) is 0 Å². The lowest BCUT2D eigenvalue weighted by molar-refractivity contribution is -0.121. The van der Waals surface area contributed by atoms with E-state index in [0.717, 1.165) is 12.1 Å². The first kappa shape index (κ1) is 24.1. The van der Waals surface area contributed by atoms with Crippen molar-refractivity contribution in [3.63, 3.8) is 0 Å². The van der Waals surface area contributed by atoms with Gasteiger partial charge in [0.05, 0.1) is 19.1 Å². The summed E-state index contributed by atoms with van der Waals surface area (Å²) in [5, 5.41) is 2.93. The minimum Gasteiger partial charge on any atom is -0.497 e. The predicted molar refractivity (Wildman–Crippen MR) is 127 cm³/mol. The van der Waals surface area contributed by atoms with Gasteiger partial charge < -0.3 is 10.1 Å². The predicted octanol–water partition coefficient (Wildman–Crippen LogP) is 3.15. The average Bonchev–Trinajstić information content (AvgIpc) is 3.28. The fourth-order valence-electron chi connectivity index (χ4n) is 3.87. The summed E-state index contributed by atoms with van der Waals surface area (Å²) in [6, 6.07) is 15.2. The highest BCUT2D eigenvalue weighted by atomic mass is 32.2. The molecule has 0 bridgehead atoms. The van der Waals surface area contributed by atoms with E-state index < -0.39 is 10.0 Å². The molecular weight excluding hydrogens is 426 g/mol. The van der Waals surface area contributed by atoms with Crippen molar-refractivity contribution in [2.75, 3.05) is 37.3 Å². The molecule has 1 amide bonds. The highest BCUT2D eigenvalue weighted by Gasteiger charge is 2.17. The Morgan fingerprint density at radius 1 is 1.03 bits per heavy atom. The van der Waals surface area contributed by atoms with Crippen molar-refractivity contribution in [1.29, 1.82) is 0 Å². The van der Waals surface area contributed by atoms with E-state index in [1.54, 1.807) is 31.4 Å². The molecule has 1 heterocycles. The molecule has 0 aromatic heterocycles. The van der Waals surface area contributed by atoms with Gasteiger partial charge in [-0.1, -0.05) is 24.3 Å². The summed E-state index contributed by atoms with van der Waals surface area (Å²) in [6.45, 7) is 4.04. The fourth-order valence-corrected chi connectivity index (χ4v) is 4.83. The Morgan fingerprint density at radius 3 is 2.25 bits per heavy atom. The van der Waals surface area contributed by atoms with E-state index in [9.17, 15) is 13.2 Å². The topological polar surface area (TPSA) is 79.0 Å². The van der Waals surface area contributed by atoms with Crippen LogP contribution in [0.3, 0.4) is 0 Å². The first-order valence-corrected chi connectivity index (χ1v) is 12.9. The van der Waals surface area contributed by atoms with E-state index in [1.807, 2.05) is 0 Å². The van der Waals surface area contributed by atoms with Crippen molar-refractivity contribution in [3.05, 3.63) is 59.7 Å². The Morgan fingerprint density at radius 2 is 1.66 bits per heavy atom. The molecule has 0 unspecified atom stereocenters. The molecule has 174 valence electrons. The summed E-state index contributed by atoms with van der Waals surface area (Å²) in [7, 11) is -1.89.